The molecule has 0 aliphatic carbocycles. The van der Waals surface area contributed by atoms with Crippen molar-refractivity contribution in [1.82, 2.24) is 9.97 Å². The Kier molecular flexibility index (Phi) is 1.64. The molecule has 0 radical (unpaired) electrons. The SMILES string of the molecule is CC(C)c1cnc2c(n1)N=CC2. The van der Waals surface area contributed by atoms with E-state index in [0.717, 1.165) is 23.6 Å². The summed E-state index contributed by atoms with van der Waals surface area (Å²) >= 11 is 0. The average Bonchev–Trinajstić information content (AvgIpc) is 2.49. The smallest absolute Gasteiger partial charge is 0.174 e. The minimum absolute atomic E-state index is 0.429. The first-order chi connectivity index (χ1) is 5.77. The molecule has 0 unspecified atom stereocenters. The number of hydrogen-bond acceptors (Lipinski definition) is 3. The first-order valence-electron chi connectivity index (χ1n) is 4.15. The highest BCUT2D eigenvalue weighted by molar-refractivity contribution is 5.72. The Bertz CT molecular complexity index is 329. The molecular weight excluding hydrogens is 150 g/mol. The lowest BCUT2D eigenvalue weighted by Gasteiger charge is -2.03. The van der Waals surface area contributed by atoms with Gasteiger partial charge in [0.15, 0.2) is 5.82 Å². The third-order valence-electron chi connectivity index (χ3n) is 1.94. The highest BCUT2D eigenvalue weighted by Gasteiger charge is 2.11. The predicted molar refractivity (Wildman–Crippen MR) is 48.0 cm³/mol. The number of nitrogens with zero attached hydrogens (tertiary/aromatic N) is 3. The van der Waals surface area contributed by atoms with Crippen LogP contribution in [-0.4, -0.2) is 16.2 Å². The van der Waals surface area contributed by atoms with Gasteiger partial charge >= 0.3 is 0 Å². The Labute approximate surface area is 71.6 Å². The van der Waals surface area contributed by atoms with E-state index in [4.69, 9.17) is 0 Å². The van der Waals surface area contributed by atoms with Crippen molar-refractivity contribution in [3.63, 3.8) is 0 Å². The molecule has 0 aromatic carbocycles. The lowest BCUT2D eigenvalue weighted by molar-refractivity contribution is 0.809. The molecule has 0 atom stereocenters. The van der Waals surface area contributed by atoms with Crippen LogP contribution >= 0.6 is 0 Å². The molecule has 1 aromatic rings. The van der Waals surface area contributed by atoms with Crippen molar-refractivity contribution in [2.45, 2.75) is 26.2 Å². The van der Waals surface area contributed by atoms with Crippen molar-refractivity contribution in [1.29, 1.82) is 0 Å². The van der Waals surface area contributed by atoms with Crippen LogP contribution in [0.3, 0.4) is 0 Å². The van der Waals surface area contributed by atoms with E-state index in [9.17, 15) is 0 Å². The molecule has 3 nitrogen and oxygen atoms in total. The molecule has 1 aliphatic rings. The minimum atomic E-state index is 0.429. The maximum atomic E-state index is 4.39. The Morgan fingerprint density at radius 1 is 1.42 bits per heavy atom. The third kappa shape index (κ3) is 1.11. The van der Waals surface area contributed by atoms with Gasteiger partial charge in [0.05, 0.1) is 11.4 Å². The van der Waals surface area contributed by atoms with Gasteiger partial charge in [-0.1, -0.05) is 13.8 Å². The van der Waals surface area contributed by atoms with Crippen molar-refractivity contribution in [2.75, 3.05) is 0 Å². The van der Waals surface area contributed by atoms with Crippen LogP contribution in [-0.2, 0) is 6.42 Å². The van der Waals surface area contributed by atoms with Gasteiger partial charge in [-0.25, -0.2) is 9.98 Å². The van der Waals surface area contributed by atoms with Crippen LogP contribution in [0.25, 0.3) is 0 Å². The Morgan fingerprint density at radius 2 is 2.25 bits per heavy atom. The molecule has 1 aromatic heterocycles. The topological polar surface area (TPSA) is 38.1 Å². The quantitative estimate of drug-likeness (QED) is 0.630. The van der Waals surface area contributed by atoms with E-state index in [2.05, 4.69) is 28.8 Å². The normalized spacial score (nSPS) is 13.9. The first-order valence-corrected chi connectivity index (χ1v) is 4.15. The fraction of sp³-hybridized carbons (Fsp3) is 0.444. The van der Waals surface area contributed by atoms with Crippen molar-refractivity contribution in [3.8, 4) is 0 Å². The molecule has 0 N–H and O–H groups in total. The van der Waals surface area contributed by atoms with Crippen molar-refractivity contribution >= 4 is 12.0 Å². The molecule has 0 fully saturated rings. The zero-order valence-electron chi connectivity index (χ0n) is 7.28. The summed E-state index contributed by atoms with van der Waals surface area (Å²) in [6.45, 7) is 4.21. The zero-order chi connectivity index (χ0) is 8.55. The Hall–Kier alpha value is -1.25. The van der Waals surface area contributed by atoms with Gasteiger partial charge in [-0.3, -0.25) is 4.98 Å². The van der Waals surface area contributed by atoms with E-state index in [1.165, 1.54) is 0 Å². The number of hydrogen-bond donors (Lipinski definition) is 0. The molecule has 0 spiro atoms. The second-order valence-electron chi connectivity index (χ2n) is 3.24. The van der Waals surface area contributed by atoms with E-state index in [1.807, 2.05) is 12.4 Å². The molecular formula is C9H11N3. The predicted octanol–water partition coefficient (Wildman–Crippen LogP) is 1.86. The fourth-order valence-corrected chi connectivity index (χ4v) is 1.16. The lowest BCUT2D eigenvalue weighted by atomic mass is 10.1. The van der Waals surface area contributed by atoms with Gasteiger partial charge in [0.25, 0.3) is 0 Å². The van der Waals surface area contributed by atoms with Crippen molar-refractivity contribution in [3.05, 3.63) is 17.6 Å². The Morgan fingerprint density at radius 3 is 3.00 bits per heavy atom. The van der Waals surface area contributed by atoms with Crippen LogP contribution in [0.1, 0.15) is 31.2 Å². The zero-order valence-corrected chi connectivity index (χ0v) is 7.28. The summed E-state index contributed by atoms with van der Waals surface area (Å²) in [6.07, 6.45) is 4.54. The van der Waals surface area contributed by atoms with Crippen LogP contribution in [0.5, 0.6) is 0 Å². The third-order valence-corrected chi connectivity index (χ3v) is 1.94. The van der Waals surface area contributed by atoms with E-state index in [1.54, 1.807) is 0 Å². The van der Waals surface area contributed by atoms with Gasteiger partial charge < -0.3 is 0 Å². The molecule has 1 aliphatic heterocycles. The second-order valence-corrected chi connectivity index (χ2v) is 3.24. The molecule has 0 bridgehead atoms. The van der Waals surface area contributed by atoms with E-state index < -0.39 is 0 Å². The lowest BCUT2D eigenvalue weighted by Crippen LogP contribution is -1.96. The van der Waals surface area contributed by atoms with Crippen molar-refractivity contribution in [2.24, 2.45) is 4.99 Å². The summed E-state index contributed by atoms with van der Waals surface area (Å²) in [5, 5.41) is 0. The summed E-state index contributed by atoms with van der Waals surface area (Å²) in [6, 6.07) is 0. The number of rotatable bonds is 1. The monoisotopic (exact) mass is 161 g/mol. The van der Waals surface area contributed by atoms with E-state index in [0.29, 0.717) is 5.92 Å². The van der Waals surface area contributed by atoms with Gasteiger partial charge in [-0.05, 0) is 5.92 Å². The maximum Gasteiger partial charge on any atom is 0.174 e. The van der Waals surface area contributed by atoms with E-state index >= 15 is 0 Å². The summed E-state index contributed by atoms with van der Waals surface area (Å²) in [5.41, 5.74) is 2.02. The van der Waals surface area contributed by atoms with Gasteiger partial charge in [0.2, 0.25) is 0 Å². The highest BCUT2D eigenvalue weighted by Crippen LogP contribution is 2.21. The molecule has 2 heterocycles. The first kappa shape index (κ1) is 7.40. The van der Waals surface area contributed by atoms with E-state index in [-0.39, 0.29) is 0 Å². The van der Waals surface area contributed by atoms with Crippen LogP contribution < -0.4 is 0 Å². The number of aliphatic imine (C=N–C) groups is 1. The number of fused-ring (bicyclic) bond motifs is 1. The summed E-state index contributed by atoms with van der Waals surface area (Å²) in [4.78, 5) is 12.8. The van der Waals surface area contributed by atoms with Gasteiger partial charge in [0, 0.05) is 18.8 Å². The largest absolute Gasteiger partial charge is 0.255 e. The molecule has 62 valence electrons. The standard InChI is InChI=1S/C9H11N3/c1-6(2)8-5-11-7-3-4-10-9(7)12-8/h4-6H,3H2,1-2H3. The van der Waals surface area contributed by atoms with Gasteiger partial charge in [-0.2, -0.15) is 0 Å². The molecule has 0 saturated carbocycles. The molecule has 3 heteroatoms. The average molecular weight is 161 g/mol. The summed E-state index contributed by atoms with van der Waals surface area (Å²) < 4.78 is 0. The number of aromatic nitrogens is 2. The van der Waals surface area contributed by atoms with Crippen LogP contribution in [0, 0.1) is 0 Å². The molecule has 2 rings (SSSR count). The highest BCUT2D eigenvalue weighted by atomic mass is 15.0. The second kappa shape index (κ2) is 2.66. The van der Waals surface area contributed by atoms with Gasteiger partial charge in [-0.15, -0.1) is 0 Å². The summed E-state index contributed by atoms with van der Waals surface area (Å²) in [7, 11) is 0. The van der Waals surface area contributed by atoms with Crippen LogP contribution in [0.15, 0.2) is 11.2 Å². The minimum Gasteiger partial charge on any atom is -0.255 e. The molecule has 0 amide bonds. The molecule has 12 heavy (non-hydrogen) atoms. The maximum absolute atomic E-state index is 4.39. The van der Waals surface area contributed by atoms with Crippen LogP contribution in [0.2, 0.25) is 0 Å². The Balaban J connectivity index is 2.44. The molecule has 0 saturated heterocycles. The summed E-state index contributed by atoms with van der Waals surface area (Å²) in [5.74, 6) is 1.24. The fourth-order valence-electron chi connectivity index (χ4n) is 1.16. The van der Waals surface area contributed by atoms with Crippen molar-refractivity contribution < 1.29 is 0 Å². The van der Waals surface area contributed by atoms with Gasteiger partial charge in [0.1, 0.15) is 0 Å². The van der Waals surface area contributed by atoms with Crippen LogP contribution in [0.4, 0.5) is 5.82 Å².